The van der Waals surface area contributed by atoms with Crippen molar-refractivity contribution in [2.24, 2.45) is 0 Å². The van der Waals surface area contributed by atoms with Gasteiger partial charge in [-0.2, -0.15) is 4.98 Å². The first-order valence-corrected chi connectivity index (χ1v) is 7.25. The van der Waals surface area contributed by atoms with Crippen LogP contribution in [-0.4, -0.2) is 65.8 Å². The molecule has 0 saturated carbocycles. The van der Waals surface area contributed by atoms with Gasteiger partial charge in [-0.15, -0.1) is 0 Å². The Morgan fingerprint density at radius 2 is 2.32 bits per heavy atom. The van der Waals surface area contributed by atoms with Gasteiger partial charge in [0.25, 0.3) is 0 Å². The predicted molar refractivity (Wildman–Crippen MR) is 79.6 cm³/mol. The van der Waals surface area contributed by atoms with E-state index in [1.165, 1.54) is 0 Å². The lowest BCUT2D eigenvalue weighted by atomic mass is 10.2. The van der Waals surface area contributed by atoms with E-state index in [1.54, 1.807) is 6.20 Å². The van der Waals surface area contributed by atoms with E-state index in [2.05, 4.69) is 47.9 Å². The van der Waals surface area contributed by atoms with Crippen LogP contribution in [0.4, 0.5) is 11.8 Å². The van der Waals surface area contributed by atoms with Gasteiger partial charge in [0.15, 0.2) is 0 Å². The van der Waals surface area contributed by atoms with Gasteiger partial charge in [-0.25, -0.2) is 4.98 Å². The molecule has 1 atom stereocenters. The Morgan fingerprint density at radius 3 is 2.95 bits per heavy atom. The Hall–Kier alpha value is -0.920. The highest BCUT2D eigenvalue weighted by Crippen LogP contribution is 2.22. The van der Waals surface area contributed by atoms with Crippen molar-refractivity contribution in [1.29, 1.82) is 0 Å². The van der Waals surface area contributed by atoms with E-state index in [9.17, 15) is 0 Å². The van der Waals surface area contributed by atoms with E-state index in [4.69, 9.17) is 5.11 Å². The number of piperazine rings is 1. The third-order valence-corrected chi connectivity index (χ3v) is 3.98. The normalized spacial score (nSPS) is 20.6. The van der Waals surface area contributed by atoms with Crippen LogP contribution in [0.15, 0.2) is 10.7 Å². The summed E-state index contributed by atoms with van der Waals surface area (Å²) in [5.41, 5.74) is 0. The minimum atomic E-state index is 0.211. The number of β-amino-alcohol motifs (C(OH)–C–C–N with tert-alkyl or cyclic N) is 1. The Balaban J connectivity index is 2.07. The van der Waals surface area contributed by atoms with Crippen molar-refractivity contribution in [1.82, 2.24) is 14.9 Å². The quantitative estimate of drug-likeness (QED) is 0.851. The summed E-state index contributed by atoms with van der Waals surface area (Å²) in [5, 5.41) is 12.1. The summed E-state index contributed by atoms with van der Waals surface area (Å²) in [6.07, 6.45) is 1.78. The van der Waals surface area contributed by atoms with Crippen LogP contribution in [0.2, 0.25) is 0 Å². The molecule has 106 valence electrons. The minimum Gasteiger partial charge on any atom is -0.395 e. The number of halogens is 1. The Morgan fingerprint density at radius 1 is 1.53 bits per heavy atom. The molecule has 0 aromatic carbocycles. The predicted octanol–water partition coefficient (Wildman–Crippen LogP) is 0.784. The smallest absolute Gasteiger partial charge is 0.227 e. The van der Waals surface area contributed by atoms with E-state index in [0.717, 1.165) is 42.4 Å². The zero-order valence-electron chi connectivity index (χ0n) is 11.3. The number of nitrogens with zero attached hydrogens (tertiary/aromatic N) is 4. The summed E-state index contributed by atoms with van der Waals surface area (Å²) >= 11 is 3.41. The molecule has 19 heavy (non-hydrogen) atoms. The third-order valence-electron chi connectivity index (χ3n) is 3.40. The summed E-state index contributed by atoms with van der Waals surface area (Å²) in [7, 11) is 1.85. The van der Waals surface area contributed by atoms with Crippen molar-refractivity contribution in [2.45, 2.75) is 13.0 Å². The van der Waals surface area contributed by atoms with Crippen LogP contribution < -0.4 is 10.2 Å². The number of aliphatic hydroxyl groups excluding tert-OH is 1. The van der Waals surface area contributed by atoms with Gasteiger partial charge >= 0.3 is 0 Å². The van der Waals surface area contributed by atoms with Gasteiger partial charge in [-0.3, -0.25) is 4.90 Å². The fourth-order valence-corrected chi connectivity index (χ4v) is 2.71. The molecule has 1 fully saturated rings. The molecule has 6 nitrogen and oxygen atoms in total. The number of hydrogen-bond donors (Lipinski definition) is 2. The largest absolute Gasteiger partial charge is 0.395 e. The minimum absolute atomic E-state index is 0.211. The van der Waals surface area contributed by atoms with Crippen LogP contribution in [0, 0.1) is 0 Å². The zero-order chi connectivity index (χ0) is 13.8. The lowest BCUT2D eigenvalue weighted by Gasteiger charge is -2.39. The highest BCUT2D eigenvalue weighted by Gasteiger charge is 2.24. The Labute approximate surface area is 122 Å². The van der Waals surface area contributed by atoms with Crippen LogP contribution in [0.25, 0.3) is 0 Å². The molecular weight excluding hydrogens is 310 g/mol. The highest BCUT2D eigenvalue weighted by molar-refractivity contribution is 9.10. The van der Waals surface area contributed by atoms with Gasteiger partial charge < -0.3 is 15.3 Å². The van der Waals surface area contributed by atoms with Gasteiger partial charge in [0, 0.05) is 45.5 Å². The summed E-state index contributed by atoms with van der Waals surface area (Å²) < 4.78 is 0.866. The molecule has 0 aliphatic carbocycles. The second-order valence-electron chi connectivity index (χ2n) is 4.67. The monoisotopic (exact) mass is 329 g/mol. The van der Waals surface area contributed by atoms with Crippen LogP contribution in [0.5, 0.6) is 0 Å². The molecule has 2 rings (SSSR count). The Bertz CT molecular complexity index is 431. The number of aromatic nitrogens is 2. The van der Waals surface area contributed by atoms with Crippen molar-refractivity contribution in [3.05, 3.63) is 10.7 Å². The number of hydrogen-bond acceptors (Lipinski definition) is 6. The van der Waals surface area contributed by atoms with Gasteiger partial charge in [0.05, 0.1) is 11.1 Å². The zero-order valence-corrected chi connectivity index (χ0v) is 12.9. The summed E-state index contributed by atoms with van der Waals surface area (Å²) in [6, 6.07) is 0.395. The summed E-state index contributed by atoms with van der Waals surface area (Å²) in [6.45, 7) is 5.80. The molecular formula is C12H20BrN5O. The van der Waals surface area contributed by atoms with Crippen LogP contribution in [-0.2, 0) is 0 Å². The topological polar surface area (TPSA) is 64.5 Å². The summed E-state index contributed by atoms with van der Waals surface area (Å²) in [5.74, 6) is 1.55. The molecule has 1 aliphatic rings. The first-order chi connectivity index (χ1) is 9.15. The van der Waals surface area contributed by atoms with E-state index >= 15 is 0 Å². The third kappa shape index (κ3) is 3.34. The van der Waals surface area contributed by atoms with Crippen molar-refractivity contribution in [3.63, 3.8) is 0 Å². The van der Waals surface area contributed by atoms with Crippen molar-refractivity contribution in [2.75, 3.05) is 50.1 Å². The molecule has 1 aliphatic heterocycles. The second-order valence-corrected chi connectivity index (χ2v) is 5.53. The molecule has 2 heterocycles. The van der Waals surface area contributed by atoms with Crippen LogP contribution in [0.1, 0.15) is 6.92 Å². The van der Waals surface area contributed by atoms with E-state index in [-0.39, 0.29) is 6.61 Å². The van der Waals surface area contributed by atoms with E-state index in [1.807, 2.05) is 7.05 Å². The molecule has 0 bridgehead atoms. The maximum absolute atomic E-state index is 9.02. The SMILES string of the molecule is CNc1nc(N2CCN(CCO)C(C)C2)ncc1Br. The second kappa shape index (κ2) is 6.49. The number of anilines is 2. The number of nitrogens with one attached hydrogen (secondary N) is 1. The lowest BCUT2D eigenvalue weighted by Crippen LogP contribution is -2.53. The molecule has 1 saturated heterocycles. The maximum Gasteiger partial charge on any atom is 0.227 e. The maximum atomic E-state index is 9.02. The van der Waals surface area contributed by atoms with Crippen molar-refractivity contribution >= 4 is 27.7 Å². The highest BCUT2D eigenvalue weighted by atomic mass is 79.9. The molecule has 0 amide bonds. The summed E-state index contributed by atoms with van der Waals surface area (Å²) in [4.78, 5) is 13.4. The average molecular weight is 330 g/mol. The first kappa shape index (κ1) is 14.5. The molecule has 2 N–H and O–H groups in total. The lowest BCUT2D eigenvalue weighted by molar-refractivity contribution is 0.146. The number of aliphatic hydroxyl groups is 1. The molecule has 0 radical (unpaired) electrons. The van der Waals surface area contributed by atoms with Gasteiger partial charge in [-0.05, 0) is 22.9 Å². The van der Waals surface area contributed by atoms with Crippen molar-refractivity contribution < 1.29 is 5.11 Å². The average Bonchev–Trinajstić information content (AvgIpc) is 2.42. The molecule has 7 heteroatoms. The van der Waals surface area contributed by atoms with Crippen LogP contribution in [0.3, 0.4) is 0 Å². The van der Waals surface area contributed by atoms with Crippen LogP contribution >= 0.6 is 15.9 Å². The molecule has 1 aromatic rings. The Kier molecular flexibility index (Phi) is 4.95. The fraction of sp³-hybridized carbons (Fsp3) is 0.667. The van der Waals surface area contributed by atoms with Gasteiger partial charge in [-0.1, -0.05) is 0 Å². The van der Waals surface area contributed by atoms with E-state index < -0.39 is 0 Å². The van der Waals surface area contributed by atoms with Crippen molar-refractivity contribution in [3.8, 4) is 0 Å². The fourth-order valence-electron chi connectivity index (χ4n) is 2.32. The molecule has 0 spiro atoms. The molecule has 1 unspecified atom stereocenters. The van der Waals surface area contributed by atoms with Gasteiger partial charge in [0.1, 0.15) is 5.82 Å². The van der Waals surface area contributed by atoms with E-state index in [0.29, 0.717) is 6.04 Å². The standard InChI is InChI=1S/C12H20BrN5O/c1-9-8-18(4-3-17(9)5-6-19)12-15-7-10(13)11(14-2)16-12/h7,9,19H,3-6,8H2,1-2H3,(H,14,15,16). The van der Waals surface area contributed by atoms with Gasteiger partial charge in [0.2, 0.25) is 5.95 Å². The first-order valence-electron chi connectivity index (χ1n) is 6.46. The number of rotatable bonds is 4. The molecule has 1 aromatic heterocycles.